The zero-order valence-corrected chi connectivity index (χ0v) is 3.92. The van der Waals surface area contributed by atoms with Gasteiger partial charge in [-0.15, -0.1) is 0 Å². The second-order valence-corrected chi connectivity index (χ2v) is 0.655. The van der Waals surface area contributed by atoms with Gasteiger partial charge < -0.3 is 5.11 Å². The molecule has 5 nitrogen and oxygen atoms in total. The van der Waals surface area contributed by atoms with Gasteiger partial charge in [0.1, 0.15) is 0 Å². The van der Waals surface area contributed by atoms with Crippen LogP contribution >= 0.6 is 0 Å². The smallest absolute Gasteiger partial charge is 0.300 e. The first-order valence-corrected chi connectivity index (χ1v) is 1.40. The van der Waals surface area contributed by atoms with E-state index >= 15 is 0 Å². The molecular formula is C2H8N2O3. The molecule has 44 valence electrons. The molecule has 0 aliphatic heterocycles. The summed E-state index contributed by atoms with van der Waals surface area (Å²) >= 11 is 0. The zero-order chi connectivity index (χ0) is 6.28. The van der Waals surface area contributed by atoms with Crippen LogP contribution in [0.1, 0.15) is 6.92 Å². The minimum absolute atomic E-state index is 0.833. The van der Waals surface area contributed by atoms with Crippen molar-refractivity contribution in [1.82, 2.24) is 0 Å². The van der Waals surface area contributed by atoms with E-state index < -0.39 is 5.97 Å². The standard InChI is InChI=1S/C2H4O2.H4N2O/c1-2(3)4;1-3-2/h1H3,(H,3,4);1-2H2. The molecule has 0 bridgehead atoms. The molecule has 0 amide bonds. The van der Waals surface area contributed by atoms with Crippen LogP contribution in [0.15, 0.2) is 0 Å². The van der Waals surface area contributed by atoms with E-state index in [4.69, 9.17) is 9.90 Å². The van der Waals surface area contributed by atoms with Crippen molar-refractivity contribution in [3.8, 4) is 0 Å². The van der Waals surface area contributed by atoms with Gasteiger partial charge in [-0.25, -0.2) is 4.94 Å². The van der Waals surface area contributed by atoms with Crippen LogP contribution in [-0.2, 0) is 9.73 Å². The van der Waals surface area contributed by atoms with Crippen molar-refractivity contribution in [3.63, 3.8) is 0 Å². The van der Waals surface area contributed by atoms with Crippen molar-refractivity contribution in [3.05, 3.63) is 0 Å². The fraction of sp³-hybridized carbons (Fsp3) is 0.500. The SMILES string of the molecule is CC(=O)O.NON. The third kappa shape index (κ3) is 142. The largest absolute Gasteiger partial charge is 0.481 e. The van der Waals surface area contributed by atoms with Gasteiger partial charge in [0, 0.05) is 6.92 Å². The van der Waals surface area contributed by atoms with Crippen LogP contribution < -0.4 is 11.8 Å². The molecular weight excluding hydrogens is 100 g/mol. The lowest BCUT2D eigenvalue weighted by atomic mass is 10.9. The fourth-order valence-electron chi connectivity index (χ4n) is 0. The number of rotatable bonds is 0. The highest BCUT2D eigenvalue weighted by atomic mass is 16.7. The summed E-state index contributed by atoms with van der Waals surface area (Å²) in [5, 5.41) is 7.42. The zero-order valence-electron chi connectivity index (χ0n) is 3.92. The Labute approximate surface area is 40.8 Å². The number of carboxylic acids is 1. The Bertz CT molecular complexity index is 42.2. The second kappa shape index (κ2) is 9.02. The van der Waals surface area contributed by atoms with Crippen molar-refractivity contribution in [2.45, 2.75) is 6.92 Å². The molecule has 5 N–H and O–H groups in total. The van der Waals surface area contributed by atoms with Gasteiger partial charge in [0.05, 0.1) is 0 Å². The molecule has 0 atom stereocenters. The number of carbonyl (C=O) groups is 1. The minimum Gasteiger partial charge on any atom is -0.481 e. The molecule has 0 aliphatic rings. The van der Waals surface area contributed by atoms with E-state index in [0.29, 0.717) is 0 Å². The van der Waals surface area contributed by atoms with Crippen LogP contribution in [0.2, 0.25) is 0 Å². The van der Waals surface area contributed by atoms with Crippen LogP contribution in [-0.4, -0.2) is 11.1 Å². The molecule has 0 unspecified atom stereocenters. The highest BCUT2D eigenvalue weighted by molar-refractivity contribution is 5.62. The van der Waals surface area contributed by atoms with Gasteiger partial charge in [0.2, 0.25) is 0 Å². The molecule has 0 saturated carbocycles. The van der Waals surface area contributed by atoms with Gasteiger partial charge in [-0.05, 0) is 0 Å². The summed E-state index contributed by atoms with van der Waals surface area (Å²) in [4.78, 5) is 12.2. The Morgan fingerprint density at radius 2 is 1.71 bits per heavy atom. The van der Waals surface area contributed by atoms with Crippen LogP contribution in [0.5, 0.6) is 0 Å². The summed E-state index contributed by atoms with van der Waals surface area (Å²) in [6.07, 6.45) is 0. The first kappa shape index (κ1) is 9.61. The summed E-state index contributed by atoms with van der Waals surface area (Å²) in [5.74, 6) is 7.42. The second-order valence-electron chi connectivity index (χ2n) is 0.655. The van der Waals surface area contributed by atoms with Crippen LogP contribution in [0.4, 0.5) is 0 Å². The van der Waals surface area contributed by atoms with E-state index in [1.165, 1.54) is 0 Å². The van der Waals surface area contributed by atoms with Crippen LogP contribution in [0, 0.1) is 0 Å². The highest BCUT2D eigenvalue weighted by Gasteiger charge is 1.65. The summed E-state index contributed by atoms with van der Waals surface area (Å²) in [7, 11) is 0. The van der Waals surface area contributed by atoms with Crippen LogP contribution in [0.25, 0.3) is 0 Å². The summed E-state index contributed by atoms with van der Waals surface area (Å²) < 4.78 is 0. The Kier molecular flexibility index (Phi) is 12.4. The van der Waals surface area contributed by atoms with Gasteiger partial charge in [0.15, 0.2) is 0 Å². The molecule has 0 heterocycles. The topological polar surface area (TPSA) is 98.6 Å². The first-order chi connectivity index (χ1) is 3.15. The molecule has 0 aromatic carbocycles. The Balaban J connectivity index is 0. The summed E-state index contributed by atoms with van der Waals surface area (Å²) in [5.41, 5.74) is 0. The average molecular weight is 108 g/mol. The normalized spacial score (nSPS) is 6.14. The molecule has 0 radical (unpaired) electrons. The van der Waals surface area contributed by atoms with Gasteiger partial charge in [0.25, 0.3) is 5.97 Å². The Hall–Kier alpha value is -0.650. The van der Waals surface area contributed by atoms with Crippen molar-refractivity contribution >= 4 is 5.97 Å². The third-order valence-electron chi connectivity index (χ3n) is 0. The monoisotopic (exact) mass is 108 g/mol. The number of aliphatic carboxylic acids is 1. The summed E-state index contributed by atoms with van der Waals surface area (Å²) in [6.45, 7) is 1.08. The minimum atomic E-state index is -0.833. The number of carboxylic acid groups (broad SMARTS) is 1. The lowest BCUT2D eigenvalue weighted by molar-refractivity contribution is -0.134. The lowest BCUT2D eigenvalue weighted by Gasteiger charge is -1.62. The number of nitrogens with two attached hydrogens (primary N) is 2. The van der Waals surface area contributed by atoms with Gasteiger partial charge in [-0.2, -0.15) is 11.8 Å². The molecule has 0 spiro atoms. The summed E-state index contributed by atoms with van der Waals surface area (Å²) in [6, 6.07) is 0. The van der Waals surface area contributed by atoms with Crippen LogP contribution in [0.3, 0.4) is 0 Å². The molecule has 0 aliphatic carbocycles. The van der Waals surface area contributed by atoms with Gasteiger partial charge >= 0.3 is 0 Å². The molecule has 0 aromatic heterocycles. The molecule has 0 aromatic rings. The number of hydrogen-bond acceptors (Lipinski definition) is 4. The first-order valence-electron chi connectivity index (χ1n) is 1.40. The van der Waals surface area contributed by atoms with Crippen molar-refractivity contribution < 1.29 is 14.8 Å². The van der Waals surface area contributed by atoms with E-state index in [-0.39, 0.29) is 0 Å². The van der Waals surface area contributed by atoms with E-state index in [1.54, 1.807) is 0 Å². The van der Waals surface area contributed by atoms with Gasteiger partial charge in [-0.3, -0.25) is 4.79 Å². The molecule has 0 saturated heterocycles. The predicted octanol–water partition coefficient (Wildman–Crippen LogP) is -1.16. The van der Waals surface area contributed by atoms with Crippen molar-refractivity contribution in [1.29, 1.82) is 0 Å². The van der Waals surface area contributed by atoms with Crippen molar-refractivity contribution in [2.75, 3.05) is 0 Å². The molecule has 0 rings (SSSR count). The van der Waals surface area contributed by atoms with Crippen molar-refractivity contribution in [2.24, 2.45) is 11.8 Å². The predicted molar refractivity (Wildman–Crippen MR) is 22.8 cm³/mol. The maximum atomic E-state index is 9.00. The third-order valence-corrected chi connectivity index (χ3v) is 0. The molecule has 5 heteroatoms. The molecule has 0 fully saturated rings. The fourth-order valence-corrected chi connectivity index (χ4v) is 0. The average Bonchev–Trinajstić information content (AvgIpc) is 1.33. The highest BCUT2D eigenvalue weighted by Crippen LogP contribution is 1.42. The van der Waals surface area contributed by atoms with E-state index in [2.05, 4.69) is 16.7 Å². The maximum absolute atomic E-state index is 9.00. The maximum Gasteiger partial charge on any atom is 0.300 e. The Morgan fingerprint density at radius 1 is 1.71 bits per heavy atom. The lowest BCUT2D eigenvalue weighted by Crippen LogP contribution is -2.03. The number of hydrogen-bond donors (Lipinski definition) is 3. The van der Waals surface area contributed by atoms with E-state index in [0.717, 1.165) is 6.92 Å². The van der Waals surface area contributed by atoms with E-state index in [1.807, 2.05) is 0 Å². The van der Waals surface area contributed by atoms with E-state index in [9.17, 15) is 0 Å². The Morgan fingerprint density at radius 3 is 1.71 bits per heavy atom. The van der Waals surface area contributed by atoms with Gasteiger partial charge in [-0.1, -0.05) is 0 Å². The quantitative estimate of drug-likeness (QED) is 0.340. The molecule has 7 heavy (non-hydrogen) atoms.